The molecule has 2 nitrogen and oxygen atoms in total. The minimum Gasteiger partial charge on any atom is -0.388 e. The molecule has 3 rings (SSSR count). The number of benzene rings is 1. The highest BCUT2D eigenvalue weighted by molar-refractivity contribution is 9.10. The molecule has 0 amide bonds. The number of aliphatic hydroxyl groups is 1. The maximum Gasteiger partial charge on any atom is 0.0807 e. The molecule has 3 heteroatoms. The van der Waals surface area contributed by atoms with Gasteiger partial charge in [-0.15, -0.1) is 0 Å². The quantitative estimate of drug-likeness (QED) is 0.830. The summed E-state index contributed by atoms with van der Waals surface area (Å²) in [5.74, 6) is 0. The van der Waals surface area contributed by atoms with Crippen molar-refractivity contribution < 1.29 is 5.11 Å². The summed E-state index contributed by atoms with van der Waals surface area (Å²) in [4.78, 5) is 0. The molecule has 1 atom stereocenters. The molecule has 1 heterocycles. The van der Waals surface area contributed by atoms with Crippen LogP contribution in [-0.4, -0.2) is 9.67 Å². The number of aryl methyl sites for hydroxylation is 1. The summed E-state index contributed by atoms with van der Waals surface area (Å²) in [5.41, 5.74) is 3.71. The summed E-state index contributed by atoms with van der Waals surface area (Å²) in [6, 6.07) is 8.29. The third-order valence-electron chi connectivity index (χ3n) is 3.84. The highest BCUT2D eigenvalue weighted by Gasteiger charge is 2.18. The maximum absolute atomic E-state index is 10.2. The van der Waals surface area contributed by atoms with Crippen molar-refractivity contribution in [1.82, 2.24) is 4.57 Å². The summed E-state index contributed by atoms with van der Waals surface area (Å²) in [6.07, 6.45) is 8.33. The van der Waals surface area contributed by atoms with Crippen molar-refractivity contribution in [3.8, 4) is 0 Å². The maximum atomic E-state index is 10.2. The molecule has 1 aliphatic rings. The minimum absolute atomic E-state index is 0.280. The SMILES string of the molecule is OC1CCCCc2cn(Cc3ccccc3Br)cc21. The van der Waals surface area contributed by atoms with Crippen molar-refractivity contribution in [2.75, 3.05) is 0 Å². The number of fused-ring (bicyclic) bond motifs is 1. The fourth-order valence-electron chi connectivity index (χ4n) is 2.81. The summed E-state index contributed by atoms with van der Waals surface area (Å²) in [6.45, 7) is 0.848. The van der Waals surface area contributed by atoms with Crippen LogP contribution < -0.4 is 0 Å². The van der Waals surface area contributed by atoms with E-state index in [1.807, 2.05) is 6.07 Å². The Labute approximate surface area is 122 Å². The normalized spacial score (nSPS) is 18.9. The molecule has 0 saturated carbocycles. The molecule has 0 saturated heterocycles. The van der Waals surface area contributed by atoms with Gasteiger partial charge in [0.15, 0.2) is 0 Å². The molecule has 1 N–H and O–H groups in total. The van der Waals surface area contributed by atoms with Crippen LogP contribution in [0.2, 0.25) is 0 Å². The van der Waals surface area contributed by atoms with E-state index < -0.39 is 0 Å². The van der Waals surface area contributed by atoms with Crippen LogP contribution in [0.1, 0.15) is 42.1 Å². The molecular formula is C16H18BrNO. The van der Waals surface area contributed by atoms with E-state index in [9.17, 15) is 5.11 Å². The molecule has 0 fully saturated rings. The van der Waals surface area contributed by atoms with Gasteiger partial charge >= 0.3 is 0 Å². The van der Waals surface area contributed by atoms with Gasteiger partial charge in [-0.2, -0.15) is 0 Å². The summed E-state index contributed by atoms with van der Waals surface area (Å²) >= 11 is 3.59. The molecule has 2 aromatic rings. The van der Waals surface area contributed by atoms with Gasteiger partial charge in [0, 0.05) is 29.0 Å². The number of hydrogen-bond acceptors (Lipinski definition) is 1. The van der Waals surface area contributed by atoms with Gasteiger partial charge in [-0.3, -0.25) is 0 Å². The average Bonchev–Trinajstić information content (AvgIpc) is 2.73. The first-order valence-corrected chi connectivity index (χ1v) is 7.63. The topological polar surface area (TPSA) is 25.2 Å². The van der Waals surface area contributed by atoms with Crippen molar-refractivity contribution in [1.29, 1.82) is 0 Å². The van der Waals surface area contributed by atoms with Gasteiger partial charge in [0.2, 0.25) is 0 Å². The lowest BCUT2D eigenvalue weighted by molar-refractivity contribution is 0.166. The van der Waals surface area contributed by atoms with Crippen molar-refractivity contribution in [2.45, 2.75) is 38.3 Å². The minimum atomic E-state index is -0.280. The molecule has 19 heavy (non-hydrogen) atoms. The Hall–Kier alpha value is -1.06. The van der Waals surface area contributed by atoms with Crippen LogP contribution in [0.25, 0.3) is 0 Å². The van der Waals surface area contributed by atoms with Crippen LogP contribution in [0.4, 0.5) is 0 Å². The monoisotopic (exact) mass is 319 g/mol. The van der Waals surface area contributed by atoms with Gasteiger partial charge in [-0.25, -0.2) is 0 Å². The van der Waals surface area contributed by atoms with E-state index in [0.717, 1.165) is 35.8 Å². The Kier molecular flexibility index (Phi) is 3.76. The van der Waals surface area contributed by atoms with Gasteiger partial charge in [0.1, 0.15) is 0 Å². The van der Waals surface area contributed by atoms with Crippen LogP contribution in [0.5, 0.6) is 0 Å². The number of hydrogen-bond donors (Lipinski definition) is 1. The highest BCUT2D eigenvalue weighted by Crippen LogP contribution is 2.29. The molecule has 0 bridgehead atoms. The van der Waals surface area contributed by atoms with Crippen LogP contribution >= 0.6 is 15.9 Å². The summed E-state index contributed by atoms with van der Waals surface area (Å²) in [7, 11) is 0. The molecule has 100 valence electrons. The number of aromatic nitrogens is 1. The zero-order chi connectivity index (χ0) is 13.2. The lowest BCUT2D eigenvalue weighted by Gasteiger charge is -2.07. The van der Waals surface area contributed by atoms with Gasteiger partial charge in [-0.05, 0) is 36.5 Å². The Morgan fingerprint density at radius 1 is 1.21 bits per heavy atom. The van der Waals surface area contributed by atoms with E-state index in [-0.39, 0.29) is 6.10 Å². The molecule has 1 aromatic heterocycles. The van der Waals surface area contributed by atoms with Crippen molar-refractivity contribution in [3.63, 3.8) is 0 Å². The second-order valence-corrected chi connectivity index (χ2v) is 6.12. The molecule has 1 unspecified atom stereocenters. The summed E-state index contributed by atoms with van der Waals surface area (Å²) in [5, 5.41) is 10.2. The van der Waals surface area contributed by atoms with Gasteiger partial charge in [0.25, 0.3) is 0 Å². The van der Waals surface area contributed by atoms with Gasteiger partial charge in [0.05, 0.1) is 6.10 Å². The number of aliphatic hydroxyl groups excluding tert-OH is 1. The van der Waals surface area contributed by atoms with Crippen LogP contribution in [0, 0.1) is 0 Å². The van der Waals surface area contributed by atoms with E-state index in [0.29, 0.717) is 0 Å². The molecule has 0 aliphatic heterocycles. The zero-order valence-electron chi connectivity index (χ0n) is 10.8. The smallest absolute Gasteiger partial charge is 0.0807 e. The van der Waals surface area contributed by atoms with E-state index in [4.69, 9.17) is 0 Å². The number of nitrogens with zero attached hydrogens (tertiary/aromatic N) is 1. The number of rotatable bonds is 2. The molecule has 1 aromatic carbocycles. The van der Waals surface area contributed by atoms with Gasteiger partial charge < -0.3 is 9.67 Å². The first-order chi connectivity index (χ1) is 9.24. The Bertz CT molecular complexity index is 576. The predicted molar refractivity (Wildman–Crippen MR) is 80.2 cm³/mol. The Morgan fingerprint density at radius 2 is 2.05 bits per heavy atom. The molecule has 0 spiro atoms. The fourth-order valence-corrected chi connectivity index (χ4v) is 3.22. The first kappa shape index (κ1) is 12.9. The molecule has 1 aliphatic carbocycles. The average molecular weight is 320 g/mol. The number of halogens is 1. The predicted octanol–water partition coefficient (Wildman–Crippen LogP) is 4.06. The second-order valence-electron chi connectivity index (χ2n) is 5.26. The second kappa shape index (κ2) is 5.51. The molecular weight excluding hydrogens is 302 g/mol. The van der Waals surface area contributed by atoms with Crippen LogP contribution in [0.15, 0.2) is 41.1 Å². The van der Waals surface area contributed by atoms with E-state index in [2.05, 4.69) is 51.1 Å². The fraction of sp³-hybridized carbons (Fsp3) is 0.375. The van der Waals surface area contributed by atoms with Crippen molar-refractivity contribution >= 4 is 15.9 Å². The van der Waals surface area contributed by atoms with Crippen LogP contribution in [0.3, 0.4) is 0 Å². The first-order valence-electron chi connectivity index (χ1n) is 6.84. The largest absolute Gasteiger partial charge is 0.388 e. The van der Waals surface area contributed by atoms with Crippen molar-refractivity contribution in [3.05, 3.63) is 57.8 Å². The lowest BCUT2D eigenvalue weighted by Crippen LogP contribution is -1.98. The van der Waals surface area contributed by atoms with E-state index >= 15 is 0 Å². The van der Waals surface area contributed by atoms with E-state index in [1.165, 1.54) is 17.5 Å². The van der Waals surface area contributed by atoms with Gasteiger partial charge in [-0.1, -0.05) is 40.5 Å². The zero-order valence-corrected chi connectivity index (χ0v) is 12.4. The van der Waals surface area contributed by atoms with Crippen LogP contribution in [-0.2, 0) is 13.0 Å². The standard InChI is InChI=1S/C16H18BrNO/c17-15-7-3-1-6-13(15)10-18-9-12-5-2-4-8-16(19)14(12)11-18/h1,3,6-7,9,11,16,19H,2,4-5,8,10H2. The Morgan fingerprint density at radius 3 is 2.89 bits per heavy atom. The Balaban J connectivity index is 1.87. The highest BCUT2D eigenvalue weighted by atomic mass is 79.9. The van der Waals surface area contributed by atoms with E-state index in [1.54, 1.807) is 0 Å². The third-order valence-corrected chi connectivity index (χ3v) is 4.61. The lowest BCUT2D eigenvalue weighted by atomic mass is 10.1. The summed E-state index contributed by atoms with van der Waals surface area (Å²) < 4.78 is 3.33. The van der Waals surface area contributed by atoms with Crippen molar-refractivity contribution in [2.24, 2.45) is 0 Å². The third kappa shape index (κ3) is 2.77. The molecule has 0 radical (unpaired) electrons.